The molecule has 6 nitrogen and oxygen atoms in total. The molecule has 1 aliphatic carbocycles. The maximum atomic E-state index is 13.1. The molecule has 1 fully saturated rings. The van der Waals surface area contributed by atoms with Gasteiger partial charge in [0.1, 0.15) is 11.3 Å². The molecule has 0 saturated heterocycles. The Morgan fingerprint density at radius 3 is 2.63 bits per heavy atom. The molecule has 1 aromatic rings. The van der Waals surface area contributed by atoms with Gasteiger partial charge in [0.2, 0.25) is 5.91 Å². The second-order valence-electron chi connectivity index (χ2n) is 8.20. The first-order valence-electron chi connectivity index (χ1n) is 11.1. The van der Waals surface area contributed by atoms with Gasteiger partial charge in [-0.05, 0) is 56.2 Å². The molecule has 2 rings (SSSR count). The molecule has 1 aromatic carbocycles. The van der Waals surface area contributed by atoms with E-state index in [2.05, 4.69) is 25.2 Å². The number of nitrogens with one attached hydrogen (secondary N) is 1. The first-order valence-corrected chi connectivity index (χ1v) is 11.1. The molecule has 0 spiro atoms. The second kappa shape index (κ2) is 11.3. The van der Waals surface area contributed by atoms with Crippen molar-refractivity contribution in [1.29, 1.82) is 0 Å². The van der Waals surface area contributed by atoms with E-state index in [1.54, 1.807) is 7.11 Å². The lowest BCUT2D eigenvalue weighted by molar-refractivity contribution is -0.155. The molecule has 0 bridgehead atoms. The van der Waals surface area contributed by atoms with Crippen LogP contribution in [0.2, 0.25) is 0 Å². The number of benzene rings is 1. The van der Waals surface area contributed by atoms with Crippen molar-refractivity contribution >= 4 is 11.9 Å². The predicted molar refractivity (Wildman–Crippen MR) is 117 cm³/mol. The molecule has 1 saturated carbocycles. The van der Waals surface area contributed by atoms with Crippen molar-refractivity contribution in [3.63, 3.8) is 0 Å². The van der Waals surface area contributed by atoms with Crippen molar-refractivity contribution < 1.29 is 23.8 Å². The Morgan fingerprint density at radius 2 is 2.00 bits per heavy atom. The second-order valence-corrected chi connectivity index (χ2v) is 8.20. The van der Waals surface area contributed by atoms with Gasteiger partial charge < -0.3 is 19.5 Å². The van der Waals surface area contributed by atoms with Gasteiger partial charge in [-0.1, -0.05) is 26.3 Å². The van der Waals surface area contributed by atoms with Crippen LogP contribution >= 0.6 is 0 Å². The summed E-state index contributed by atoms with van der Waals surface area (Å²) in [7, 11) is 2.99. The minimum absolute atomic E-state index is 0.0511. The molecule has 1 N–H and O–H groups in total. The van der Waals surface area contributed by atoms with Crippen LogP contribution in [0.1, 0.15) is 69.1 Å². The van der Waals surface area contributed by atoms with Crippen LogP contribution in [0.4, 0.5) is 0 Å². The van der Waals surface area contributed by atoms with Crippen molar-refractivity contribution in [1.82, 2.24) is 5.32 Å². The zero-order valence-corrected chi connectivity index (χ0v) is 19.1. The highest BCUT2D eigenvalue weighted by atomic mass is 16.5. The molecule has 0 heterocycles. The first-order chi connectivity index (χ1) is 14.4. The number of hydrogen-bond donors (Lipinski definition) is 1. The fourth-order valence-electron chi connectivity index (χ4n) is 4.33. The molecule has 0 aromatic heterocycles. The summed E-state index contributed by atoms with van der Waals surface area (Å²) >= 11 is 0. The first kappa shape index (κ1) is 24.2. The largest absolute Gasteiger partial charge is 0.496 e. The molecule has 30 heavy (non-hydrogen) atoms. The van der Waals surface area contributed by atoms with Crippen LogP contribution < -0.4 is 10.1 Å². The number of hydrogen-bond acceptors (Lipinski definition) is 5. The minimum Gasteiger partial charge on any atom is -0.496 e. The topological polar surface area (TPSA) is 73.9 Å². The third-order valence-electron chi connectivity index (χ3n) is 5.90. The lowest BCUT2D eigenvalue weighted by Crippen LogP contribution is -2.59. The Labute approximate surface area is 180 Å². The summed E-state index contributed by atoms with van der Waals surface area (Å²) in [5.41, 5.74) is 2.01. The molecule has 2 atom stereocenters. The van der Waals surface area contributed by atoms with E-state index in [1.807, 2.05) is 13.0 Å². The maximum absolute atomic E-state index is 13.1. The lowest BCUT2D eigenvalue weighted by Gasteiger charge is -2.39. The molecule has 0 aliphatic heterocycles. The maximum Gasteiger partial charge on any atom is 0.331 e. The van der Waals surface area contributed by atoms with Gasteiger partial charge in [-0.3, -0.25) is 4.79 Å². The lowest BCUT2D eigenvalue weighted by atomic mass is 9.79. The van der Waals surface area contributed by atoms with E-state index in [0.29, 0.717) is 25.2 Å². The summed E-state index contributed by atoms with van der Waals surface area (Å²) in [5, 5.41) is 3.02. The summed E-state index contributed by atoms with van der Waals surface area (Å²) in [6, 6.07) is 4.02. The monoisotopic (exact) mass is 419 g/mol. The minimum atomic E-state index is -1.04. The quantitative estimate of drug-likeness (QED) is 0.460. The van der Waals surface area contributed by atoms with Crippen LogP contribution in [0.3, 0.4) is 0 Å². The number of amides is 1. The van der Waals surface area contributed by atoms with E-state index >= 15 is 0 Å². The normalized spacial score (nSPS) is 21.2. The van der Waals surface area contributed by atoms with Gasteiger partial charge in [0.05, 0.1) is 26.7 Å². The van der Waals surface area contributed by atoms with Crippen LogP contribution in [0.15, 0.2) is 12.1 Å². The third kappa shape index (κ3) is 5.97. The summed E-state index contributed by atoms with van der Waals surface area (Å²) in [4.78, 5) is 25.8. The highest BCUT2D eigenvalue weighted by Crippen LogP contribution is 2.32. The molecule has 0 radical (unpaired) electrons. The van der Waals surface area contributed by atoms with E-state index in [9.17, 15) is 9.59 Å². The van der Waals surface area contributed by atoms with E-state index in [1.165, 1.54) is 7.11 Å². The Balaban J connectivity index is 2.19. The SMILES string of the molecule is CCCCOC1CCCC(NC(=O)Cc2c(CC)cc(C)cc2OC)(C(=O)OC)C1. The van der Waals surface area contributed by atoms with Gasteiger partial charge in [-0.25, -0.2) is 4.79 Å². The predicted octanol–water partition coefficient (Wildman–Crippen LogP) is 3.90. The molecule has 1 aliphatic rings. The van der Waals surface area contributed by atoms with Gasteiger partial charge >= 0.3 is 5.97 Å². The highest BCUT2D eigenvalue weighted by Gasteiger charge is 2.45. The van der Waals surface area contributed by atoms with Crippen molar-refractivity contribution in [3.8, 4) is 5.75 Å². The molecular formula is C24H37NO5. The summed E-state index contributed by atoms with van der Waals surface area (Å²) in [5.74, 6) is 0.108. The number of rotatable bonds is 10. The van der Waals surface area contributed by atoms with E-state index in [-0.39, 0.29) is 18.4 Å². The van der Waals surface area contributed by atoms with Crippen molar-refractivity contribution in [2.24, 2.45) is 0 Å². The number of carbonyl (C=O) groups is 2. The van der Waals surface area contributed by atoms with Gasteiger partial charge in [-0.2, -0.15) is 0 Å². The standard InChI is InChI=1S/C24H37NO5/c1-6-8-12-30-19-10-9-11-24(16-19,23(27)29-5)25-22(26)15-20-18(7-2)13-17(3)14-21(20)28-4/h13-14,19H,6-12,15-16H2,1-5H3,(H,25,26). The zero-order valence-electron chi connectivity index (χ0n) is 19.1. The Morgan fingerprint density at radius 1 is 1.23 bits per heavy atom. The van der Waals surface area contributed by atoms with E-state index in [0.717, 1.165) is 48.8 Å². The van der Waals surface area contributed by atoms with Crippen LogP contribution in [0.5, 0.6) is 5.75 Å². The number of carbonyl (C=O) groups excluding carboxylic acids is 2. The van der Waals surface area contributed by atoms with Crippen LogP contribution in [0.25, 0.3) is 0 Å². The summed E-state index contributed by atoms with van der Waals surface area (Å²) in [6.07, 6.45) is 5.66. The molecule has 1 amide bonds. The van der Waals surface area contributed by atoms with Crippen molar-refractivity contribution in [2.75, 3.05) is 20.8 Å². The Hall–Kier alpha value is -2.08. The Bertz CT molecular complexity index is 707. The fraction of sp³-hybridized carbons (Fsp3) is 0.667. The average Bonchev–Trinajstić information content (AvgIpc) is 2.74. The Kier molecular flexibility index (Phi) is 9.15. The number of unbranched alkanes of at least 4 members (excludes halogenated alkanes) is 1. The van der Waals surface area contributed by atoms with Gasteiger partial charge in [0, 0.05) is 18.6 Å². The van der Waals surface area contributed by atoms with E-state index < -0.39 is 11.5 Å². The average molecular weight is 420 g/mol. The van der Waals surface area contributed by atoms with Gasteiger partial charge in [0.15, 0.2) is 0 Å². The molecule has 2 unspecified atom stereocenters. The fourth-order valence-corrected chi connectivity index (χ4v) is 4.33. The number of methoxy groups -OCH3 is 2. The molecule has 6 heteroatoms. The number of ether oxygens (including phenoxy) is 3. The molecular weight excluding hydrogens is 382 g/mol. The van der Waals surface area contributed by atoms with Crippen LogP contribution in [-0.2, 0) is 31.9 Å². The van der Waals surface area contributed by atoms with Crippen molar-refractivity contribution in [3.05, 3.63) is 28.8 Å². The smallest absolute Gasteiger partial charge is 0.331 e. The third-order valence-corrected chi connectivity index (χ3v) is 5.90. The van der Waals surface area contributed by atoms with Crippen molar-refractivity contribution in [2.45, 2.75) is 83.8 Å². The molecule has 168 valence electrons. The summed E-state index contributed by atoms with van der Waals surface area (Å²) < 4.78 is 16.6. The van der Waals surface area contributed by atoms with Gasteiger partial charge in [0.25, 0.3) is 0 Å². The zero-order chi connectivity index (χ0) is 22.1. The van der Waals surface area contributed by atoms with Gasteiger partial charge in [-0.15, -0.1) is 0 Å². The van der Waals surface area contributed by atoms with Crippen LogP contribution in [0, 0.1) is 6.92 Å². The van der Waals surface area contributed by atoms with Crippen LogP contribution in [-0.4, -0.2) is 44.3 Å². The number of aryl methyl sites for hydroxylation is 2. The highest BCUT2D eigenvalue weighted by molar-refractivity contribution is 5.89. The number of esters is 1. The summed E-state index contributed by atoms with van der Waals surface area (Å²) in [6.45, 7) is 6.86. The van der Waals surface area contributed by atoms with E-state index in [4.69, 9.17) is 14.2 Å².